The van der Waals surface area contributed by atoms with Gasteiger partial charge in [0.15, 0.2) is 0 Å². The van der Waals surface area contributed by atoms with Crippen LogP contribution < -0.4 is 5.73 Å². The first kappa shape index (κ1) is 22.9. The molecular weight excluding hydrogens is 507 g/mol. The van der Waals surface area contributed by atoms with E-state index < -0.39 is 0 Å². The van der Waals surface area contributed by atoms with Crippen LogP contribution in [0.2, 0.25) is 0 Å². The van der Waals surface area contributed by atoms with Gasteiger partial charge in [0.1, 0.15) is 0 Å². The van der Waals surface area contributed by atoms with Crippen molar-refractivity contribution in [2.75, 3.05) is 0 Å². The second kappa shape index (κ2) is 24.1. The molecule has 0 aliphatic rings. The third kappa shape index (κ3) is 27.1. The van der Waals surface area contributed by atoms with Gasteiger partial charge in [-0.3, -0.25) is 5.41 Å². The maximum absolute atomic E-state index is 5.86. The maximum atomic E-state index is 5.86. The van der Waals surface area contributed by atoms with Crippen molar-refractivity contribution in [3.05, 3.63) is 0 Å². The molecule has 3 N–H and O–H groups in total. The minimum absolute atomic E-state index is 0. The average molecular weight is 511 g/mol. The van der Waals surface area contributed by atoms with Crippen LogP contribution in [0.4, 0.5) is 0 Å². The number of rotatable bonds is 0. The van der Waals surface area contributed by atoms with Crippen LogP contribution in [0.3, 0.4) is 0 Å². The van der Waals surface area contributed by atoms with Crippen molar-refractivity contribution in [3.63, 3.8) is 0 Å². The number of nitrogens with two attached hydrogens (primary N) is 1. The third-order valence-electron chi connectivity index (χ3n) is 0. The van der Waals surface area contributed by atoms with Gasteiger partial charge in [-0.05, 0) is 0 Å². The van der Waals surface area contributed by atoms with Gasteiger partial charge >= 0.3 is 0 Å². The Labute approximate surface area is 133 Å². The topological polar surface area (TPSA) is 49.9 Å². The molecule has 0 spiro atoms. The van der Waals surface area contributed by atoms with Gasteiger partial charge in [-0.25, -0.2) is 0 Å². The van der Waals surface area contributed by atoms with Crippen molar-refractivity contribution in [2.45, 2.75) is 0 Å². The van der Waals surface area contributed by atoms with Gasteiger partial charge in [0.2, 0.25) is 0 Å². The zero-order valence-electron chi connectivity index (χ0n) is 3.53. The summed E-state index contributed by atoms with van der Waals surface area (Å²) in [5.74, 6) is 0. The summed E-state index contributed by atoms with van der Waals surface area (Å²) < 4.78 is 0. The molecule has 0 aliphatic heterocycles. The number of nitrogens with one attached hydrogen (secondary N) is 1. The first-order chi connectivity index (χ1) is 1.41. The van der Waals surface area contributed by atoms with E-state index in [0.717, 1.165) is 6.34 Å². The first-order valence-electron chi connectivity index (χ1n) is 0.622. The van der Waals surface area contributed by atoms with Gasteiger partial charge in [-0.1, -0.05) is 0 Å². The largest absolute Gasteiger partial charge is 0.390 e. The van der Waals surface area contributed by atoms with Crippen molar-refractivity contribution in [1.29, 1.82) is 5.41 Å². The minimum atomic E-state index is 0. The predicted octanol–water partition coefficient (Wildman–Crippen LogP) is -0.324. The normalized spacial score (nSPS) is 2.00. The molecular formula is CH4CsIN2Pb. The maximum Gasteiger partial charge on any atom is 0.0765 e. The number of halogens is 1. The van der Waals surface area contributed by atoms with Gasteiger partial charge in [0.25, 0.3) is 0 Å². The SMILES string of the molecule is N=CN.[Cs].[I].[Pb]. The van der Waals surface area contributed by atoms with Crippen LogP contribution in [0.5, 0.6) is 0 Å². The van der Waals surface area contributed by atoms with E-state index in [4.69, 9.17) is 5.41 Å². The van der Waals surface area contributed by atoms with Crippen LogP contribution in [-0.2, 0) is 0 Å². The van der Waals surface area contributed by atoms with Crippen molar-refractivity contribution in [3.8, 4) is 0 Å². The first-order valence-corrected chi connectivity index (χ1v) is 0.622. The Balaban J connectivity index is -0.00000000667. The molecule has 0 aliphatic carbocycles. The molecule has 2 nitrogen and oxygen atoms in total. The fourth-order valence-corrected chi connectivity index (χ4v) is 0. The van der Waals surface area contributed by atoms with Gasteiger partial charge in [-0.15, -0.1) is 0 Å². The summed E-state index contributed by atoms with van der Waals surface area (Å²) in [4.78, 5) is 0. The van der Waals surface area contributed by atoms with E-state index in [-0.39, 0.29) is 120 Å². The Morgan fingerprint density at radius 2 is 1.50 bits per heavy atom. The molecule has 0 aromatic heterocycles. The molecule has 0 fully saturated rings. The van der Waals surface area contributed by atoms with Crippen LogP contribution in [0, 0.1) is 5.41 Å². The Kier molecular flexibility index (Phi) is 92.1. The average Bonchev–Trinajstić information content (AvgIpc) is 0.918. The van der Waals surface area contributed by atoms with Crippen LogP contribution in [-0.4, -0.2) is 103 Å². The molecule has 6 radical (unpaired) electrons. The fourth-order valence-electron chi connectivity index (χ4n) is 0. The molecule has 0 unspecified atom stereocenters. The van der Waals surface area contributed by atoms with E-state index >= 15 is 0 Å². The molecule has 0 bridgehead atoms. The molecule has 0 aromatic carbocycles. The molecule has 5 heteroatoms. The monoisotopic (exact) mass is 512 g/mol. The second-order valence-corrected chi connectivity index (χ2v) is 0.167. The Morgan fingerprint density at radius 3 is 1.50 bits per heavy atom. The van der Waals surface area contributed by atoms with E-state index in [1.54, 1.807) is 0 Å². The van der Waals surface area contributed by atoms with Crippen molar-refractivity contribution in [1.82, 2.24) is 0 Å². The molecule has 0 heterocycles. The molecule has 0 rings (SSSR count). The minimum Gasteiger partial charge on any atom is -0.390 e. The van der Waals surface area contributed by atoms with Gasteiger partial charge < -0.3 is 5.73 Å². The molecule has 6 heavy (non-hydrogen) atoms. The smallest absolute Gasteiger partial charge is 0.0765 e. The summed E-state index contributed by atoms with van der Waals surface area (Å²) in [6.45, 7) is 0. The molecule has 30 valence electrons. The molecule has 0 saturated heterocycles. The van der Waals surface area contributed by atoms with E-state index in [0.29, 0.717) is 0 Å². The van der Waals surface area contributed by atoms with E-state index in [1.165, 1.54) is 0 Å². The molecule has 0 saturated carbocycles. The van der Waals surface area contributed by atoms with E-state index in [1.807, 2.05) is 0 Å². The van der Waals surface area contributed by atoms with Gasteiger partial charge in [-0.2, -0.15) is 0 Å². The van der Waals surface area contributed by atoms with Crippen LogP contribution in [0.15, 0.2) is 0 Å². The summed E-state index contributed by atoms with van der Waals surface area (Å²) in [5, 5.41) is 5.86. The van der Waals surface area contributed by atoms with Crippen molar-refractivity contribution < 1.29 is 0 Å². The van der Waals surface area contributed by atoms with Crippen LogP contribution in [0.25, 0.3) is 0 Å². The predicted molar refractivity (Wildman–Crippen MR) is 38.5 cm³/mol. The number of hydrogen-bond donors (Lipinski definition) is 2. The summed E-state index contributed by atoms with van der Waals surface area (Å²) in [6, 6.07) is 0. The van der Waals surface area contributed by atoms with Crippen molar-refractivity contribution in [2.24, 2.45) is 5.73 Å². The third-order valence-corrected chi connectivity index (χ3v) is 0. The molecule has 0 amide bonds. The number of hydrogen-bond acceptors (Lipinski definition) is 1. The van der Waals surface area contributed by atoms with E-state index in [9.17, 15) is 0 Å². The standard InChI is InChI=1S/CH4N2.Cs.I.Pb/c2-1-3;;;/h1H,(H3,2,3);;;. The van der Waals surface area contributed by atoms with E-state index in [2.05, 4.69) is 5.73 Å². The fraction of sp³-hybridized carbons (Fsp3) is 0. The Hall–Kier alpha value is 3.17. The van der Waals surface area contributed by atoms with Crippen LogP contribution >= 0.6 is 24.0 Å². The summed E-state index contributed by atoms with van der Waals surface area (Å²) >= 11 is 0. The van der Waals surface area contributed by atoms with Gasteiger partial charge in [0, 0.05) is 120 Å². The molecule has 0 aromatic rings. The Morgan fingerprint density at radius 1 is 1.50 bits per heavy atom. The summed E-state index contributed by atoms with van der Waals surface area (Å²) in [5.41, 5.74) is 4.39. The second-order valence-electron chi connectivity index (χ2n) is 0.167. The van der Waals surface area contributed by atoms with Gasteiger partial charge in [0.05, 0.1) is 6.34 Å². The zero-order valence-corrected chi connectivity index (χ0v) is 15.9. The van der Waals surface area contributed by atoms with Crippen molar-refractivity contribution >= 4 is 127 Å². The van der Waals surface area contributed by atoms with Crippen LogP contribution in [0.1, 0.15) is 0 Å². The Bertz CT molecular complexity index is 21.0. The summed E-state index contributed by atoms with van der Waals surface area (Å²) in [6.07, 6.45) is 0.750. The molecule has 0 atom stereocenters. The summed E-state index contributed by atoms with van der Waals surface area (Å²) in [7, 11) is 0. The quantitative estimate of drug-likeness (QED) is 0.199. The zero-order chi connectivity index (χ0) is 2.71.